The quantitative estimate of drug-likeness (QED) is 0.721. The fourth-order valence-electron chi connectivity index (χ4n) is 2.60. The van der Waals surface area contributed by atoms with Crippen LogP contribution in [0.25, 0.3) is 0 Å². The molecule has 0 radical (unpaired) electrons. The molecule has 2 rings (SSSR count). The van der Waals surface area contributed by atoms with Gasteiger partial charge in [-0.25, -0.2) is 4.98 Å². The third-order valence-corrected chi connectivity index (χ3v) is 4.02. The number of pyridine rings is 1. The van der Waals surface area contributed by atoms with Crippen LogP contribution < -0.4 is 4.74 Å². The van der Waals surface area contributed by atoms with E-state index in [0.29, 0.717) is 12.3 Å². The second-order valence-corrected chi connectivity index (χ2v) is 6.78. The Bertz CT molecular complexity index is 505. The molecule has 22 heavy (non-hydrogen) atoms. The van der Waals surface area contributed by atoms with Gasteiger partial charge in [-0.05, 0) is 68.5 Å². The van der Waals surface area contributed by atoms with Crippen molar-refractivity contribution in [3.8, 4) is 5.88 Å². The molecular formula is C17H26BrNO3. The lowest BCUT2D eigenvalue weighted by Gasteiger charge is -2.28. The van der Waals surface area contributed by atoms with E-state index in [9.17, 15) is 4.79 Å². The summed E-state index contributed by atoms with van der Waals surface area (Å²) in [4.78, 5) is 16.3. The van der Waals surface area contributed by atoms with Crippen molar-refractivity contribution in [2.75, 3.05) is 0 Å². The van der Waals surface area contributed by atoms with Crippen molar-refractivity contribution in [1.29, 1.82) is 0 Å². The molecule has 1 aromatic rings. The van der Waals surface area contributed by atoms with E-state index in [1.54, 1.807) is 6.20 Å². The van der Waals surface area contributed by atoms with Crippen LogP contribution in [0.2, 0.25) is 0 Å². The molecule has 1 aromatic heterocycles. The molecule has 2 atom stereocenters. The smallest absolute Gasteiger partial charge is 0.309 e. The van der Waals surface area contributed by atoms with Crippen LogP contribution >= 0.6 is 15.9 Å². The number of halogens is 1. The van der Waals surface area contributed by atoms with Gasteiger partial charge in [-0.15, -0.1) is 0 Å². The summed E-state index contributed by atoms with van der Waals surface area (Å²) in [6.45, 7) is 5.73. The molecule has 124 valence electrons. The van der Waals surface area contributed by atoms with E-state index in [2.05, 4.69) is 20.9 Å². The van der Waals surface area contributed by atoms with E-state index in [1.165, 1.54) is 0 Å². The van der Waals surface area contributed by atoms with E-state index in [1.807, 2.05) is 26.8 Å². The minimum atomic E-state index is -0.0983. The van der Waals surface area contributed by atoms with Crippen molar-refractivity contribution in [3.05, 3.63) is 22.3 Å². The first-order chi connectivity index (χ1) is 9.95. The Morgan fingerprint density at radius 1 is 1.41 bits per heavy atom. The summed E-state index contributed by atoms with van der Waals surface area (Å²) in [5.74, 6) is 0.502. The monoisotopic (exact) mass is 371 g/mol. The predicted octanol–water partition coefficient (Wildman–Crippen LogP) is 4.68. The van der Waals surface area contributed by atoms with Gasteiger partial charge in [0.15, 0.2) is 0 Å². The highest BCUT2D eigenvalue weighted by molar-refractivity contribution is 9.10. The maximum atomic E-state index is 12.0. The average molecular weight is 372 g/mol. The van der Waals surface area contributed by atoms with Crippen LogP contribution in [0.1, 0.15) is 52.5 Å². The van der Waals surface area contributed by atoms with Gasteiger partial charge in [0, 0.05) is 16.2 Å². The molecule has 0 amide bonds. The number of carbonyl (C=O) groups is 1. The fraction of sp³-hybridized carbons (Fsp3) is 0.647. The molecular weight excluding hydrogens is 346 g/mol. The molecule has 0 spiro atoms. The van der Waals surface area contributed by atoms with Crippen LogP contribution in [0.5, 0.6) is 5.88 Å². The minimum Gasteiger partial charge on any atom is -0.474 e. The van der Waals surface area contributed by atoms with Crippen LogP contribution in [0.3, 0.4) is 0 Å². The molecule has 0 bridgehead atoms. The molecule has 1 fully saturated rings. The Balaban J connectivity index is 0.00000242. The first kappa shape index (κ1) is 18.9. The molecule has 0 aromatic carbocycles. The molecule has 0 N–H and O–H groups in total. The highest BCUT2D eigenvalue weighted by Crippen LogP contribution is 2.30. The number of ether oxygens (including phenoxy) is 2. The number of hydrogen-bond acceptors (Lipinski definition) is 4. The van der Waals surface area contributed by atoms with E-state index < -0.39 is 0 Å². The van der Waals surface area contributed by atoms with E-state index >= 15 is 0 Å². The van der Waals surface area contributed by atoms with Crippen molar-refractivity contribution in [2.24, 2.45) is 5.92 Å². The van der Waals surface area contributed by atoms with Crippen LogP contribution in [0, 0.1) is 12.8 Å². The molecule has 1 aliphatic rings. The molecule has 5 heteroatoms. The fourth-order valence-corrected chi connectivity index (χ4v) is 3.05. The summed E-state index contributed by atoms with van der Waals surface area (Å²) >= 11 is 3.39. The molecule has 4 nitrogen and oxygen atoms in total. The van der Waals surface area contributed by atoms with E-state index in [4.69, 9.17) is 9.47 Å². The summed E-state index contributed by atoms with van der Waals surface area (Å²) in [7, 11) is 0. The first-order valence-corrected chi connectivity index (χ1v) is 8.24. The zero-order chi connectivity index (χ0) is 15.4. The third-order valence-electron chi connectivity index (χ3n) is 3.59. The van der Waals surface area contributed by atoms with Crippen LogP contribution in [0.15, 0.2) is 16.7 Å². The van der Waals surface area contributed by atoms with Crippen LogP contribution in [-0.2, 0) is 9.53 Å². The lowest BCUT2D eigenvalue weighted by Crippen LogP contribution is -2.32. The number of hydrogen-bond donors (Lipinski definition) is 0. The van der Waals surface area contributed by atoms with Gasteiger partial charge in [-0.1, -0.05) is 7.43 Å². The molecule has 0 aliphatic heterocycles. The van der Waals surface area contributed by atoms with Gasteiger partial charge < -0.3 is 9.47 Å². The largest absolute Gasteiger partial charge is 0.474 e. The summed E-state index contributed by atoms with van der Waals surface area (Å²) < 4.78 is 12.2. The Morgan fingerprint density at radius 2 is 2.14 bits per heavy atom. The van der Waals surface area contributed by atoms with Crippen LogP contribution in [-0.4, -0.2) is 23.2 Å². The van der Waals surface area contributed by atoms with Crippen molar-refractivity contribution in [2.45, 2.75) is 66.1 Å². The maximum Gasteiger partial charge on any atom is 0.309 e. The number of rotatable bonds is 4. The van der Waals surface area contributed by atoms with Gasteiger partial charge in [-0.3, -0.25) is 4.79 Å². The van der Waals surface area contributed by atoms with Crippen molar-refractivity contribution in [1.82, 2.24) is 4.98 Å². The zero-order valence-corrected chi connectivity index (χ0v) is 14.4. The lowest BCUT2D eigenvalue weighted by molar-refractivity contribution is -0.154. The highest BCUT2D eigenvalue weighted by atomic mass is 79.9. The Morgan fingerprint density at radius 3 is 2.77 bits per heavy atom. The maximum absolute atomic E-state index is 12.0. The van der Waals surface area contributed by atoms with Crippen LogP contribution in [0.4, 0.5) is 0 Å². The Hall–Kier alpha value is -1.10. The summed E-state index contributed by atoms with van der Waals surface area (Å²) in [6, 6.07) is 1.98. The van der Waals surface area contributed by atoms with Gasteiger partial charge in [0.1, 0.15) is 6.10 Å². The van der Waals surface area contributed by atoms with E-state index in [0.717, 1.165) is 29.3 Å². The molecule has 1 heterocycles. The topological polar surface area (TPSA) is 48.4 Å². The van der Waals surface area contributed by atoms with E-state index in [-0.39, 0.29) is 31.5 Å². The summed E-state index contributed by atoms with van der Waals surface area (Å²) in [5.41, 5.74) is 0.997. The number of aryl methyl sites for hydroxylation is 1. The second kappa shape index (κ2) is 8.51. The highest BCUT2D eigenvalue weighted by Gasteiger charge is 2.30. The lowest BCUT2D eigenvalue weighted by atomic mass is 9.87. The van der Waals surface area contributed by atoms with Gasteiger partial charge >= 0.3 is 5.97 Å². The number of aromatic nitrogens is 1. The van der Waals surface area contributed by atoms with Gasteiger partial charge in [-0.2, -0.15) is 0 Å². The molecule has 1 saturated carbocycles. The van der Waals surface area contributed by atoms with Crippen molar-refractivity contribution >= 4 is 21.9 Å². The van der Waals surface area contributed by atoms with Gasteiger partial charge in [0.25, 0.3) is 0 Å². The number of esters is 1. The number of nitrogens with zero attached hydrogens (tertiary/aromatic N) is 1. The Kier molecular flexibility index (Phi) is 7.33. The SMILES string of the molecule is C.Cc1cc(Br)cnc1O[C@H]1CCC[C@H](C(=O)OC(C)C)C1. The van der Waals surface area contributed by atoms with Crippen molar-refractivity contribution < 1.29 is 14.3 Å². The molecule has 1 aliphatic carbocycles. The van der Waals surface area contributed by atoms with Gasteiger partial charge in [0.2, 0.25) is 5.88 Å². The number of carbonyl (C=O) groups excluding carboxylic acids is 1. The second-order valence-electron chi connectivity index (χ2n) is 5.86. The molecule has 0 saturated heterocycles. The summed E-state index contributed by atoms with van der Waals surface area (Å²) in [5, 5.41) is 0. The Labute approximate surface area is 141 Å². The first-order valence-electron chi connectivity index (χ1n) is 7.45. The minimum absolute atomic E-state index is 0. The predicted molar refractivity (Wildman–Crippen MR) is 91.0 cm³/mol. The summed E-state index contributed by atoms with van der Waals surface area (Å²) in [6.07, 6.45) is 5.25. The molecule has 0 unspecified atom stereocenters. The standard InChI is InChI=1S/C16H22BrNO3.CH4/c1-10(2)20-16(19)12-5-4-6-14(8-12)21-15-11(3)7-13(17)9-18-15;/h7,9-10,12,14H,4-6,8H2,1-3H3;1H4/t12-,14-;/m0./s1. The van der Waals surface area contributed by atoms with Crippen molar-refractivity contribution in [3.63, 3.8) is 0 Å². The van der Waals surface area contributed by atoms with Gasteiger partial charge in [0.05, 0.1) is 12.0 Å². The third kappa shape index (κ3) is 5.27. The normalized spacial score (nSPS) is 21.1. The average Bonchev–Trinajstić information content (AvgIpc) is 2.41. The zero-order valence-electron chi connectivity index (χ0n) is 12.8.